The van der Waals surface area contributed by atoms with Crippen LogP contribution in [0, 0.1) is 0 Å². The monoisotopic (exact) mass is 627 g/mol. The second-order valence-corrected chi connectivity index (χ2v) is 14.3. The molecule has 0 saturated heterocycles. The first-order chi connectivity index (χ1) is 21.1. The molecule has 7 nitrogen and oxygen atoms in total. The number of nitrogens with zero attached hydrogens (tertiary/aromatic N) is 3. The third-order valence-corrected chi connectivity index (χ3v) is 9.81. The van der Waals surface area contributed by atoms with E-state index in [9.17, 15) is 19.8 Å². The van der Waals surface area contributed by atoms with Gasteiger partial charge in [0.05, 0.1) is 24.5 Å². The van der Waals surface area contributed by atoms with Crippen LogP contribution in [0.4, 0.5) is 11.4 Å². The number of carbonyl (C=O) groups is 2. The largest absolute Gasteiger partial charge is 0.550 e. The minimum Gasteiger partial charge on any atom is -0.550 e. The number of hydrogen-bond donors (Lipinski definition) is 0. The Morgan fingerprint density at radius 1 is 0.889 bits per heavy atom. The fourth-order valence-electron chi connectivity index (χ4n) is 7.10. The lowest BCUT2D eigenvalue weighted by Gasteiger charge is -2.35. The number of allylic oxidation sites excluding steroid dienone is 4. The average Bonchev–Trinajstić information content (AvgIpc) is 3.32. The Kier molecular flexibility index (Phi) is 8.73. The number of carboxylic acids is 2. The predicted octanol–water partition coefficient (Wildman–Crippen LogP) is 4.09. The lowest BCUT2D eigenvalue weighted by atomic mass is 9.81. The summed E-state index contributed by atoms with van der Waals surface area (Å²) in [5.41, 5.74) is 7.70. The molecule has 3 aliphatic heterocycles. The van der Waals surface area contributed by atoms with Crippen molar-refractivity contribution >= 4 is 40.6 Å². The maximum absolute atomic E-state index is 11.4. The van der Waals surface area contributed by atoms with E-state index in [2.05, 4.69) is 87.7 Å². The Bertz CT molecular complexity index is 1710. The second-order valence-electron chi connectivity index (χ2n) is 13.9. The number of benzene rings is 2. The van der Waals surface area contributed by atoms with Gasteiger partial charge in [-0.3, -0.25) is 0 Å². The van der Waals surface area contributed by atoms with Crippen LogP contribution >= 0.6 is 11.6 Å². The summed E-state index contributed by atoms with van der Waals surface area (Å²) >= 11 is 7.16. The lowest BCUT2D eigenvalue weighted by molar-refractivity contribution is -0.881. The van der Waals surface area contributed by atoms with Crippen LogP contribution in [0.5, 0.6) is 0 Å². The standard InChI is InChI=1S/C37H42ClN3O4/c1-36(2)27-11-7-9-13-29(27)39(21-19-33(42)43)31(36)17-15-25-23-41(5,6)24-26(35(25)38)16-18-32-37(3,4)28-12-8-10-14-30(28)40(32)22-20-34(44)45/h7-18H,19-24H2,1-6H3. The first-order valence-corrected chi connectivity index (χ1v) is 15.8. The molecule has 0 aliphatic carbocycles. The van der Waals surface area contributed by atoms with Crippen molar-refractivity contribution in [2.45, 2.75) is 51.4 Å². The Morgan fingerprint density at radius 3 is 2.22 bits per heavy atom. The third kappa shape index (κ3) is 6.29. The molecule has 0 saturated carbocycles. The van der Waals surface area contributed by atoms with Crippen LogP contribution in [0.3, 0.4) is 0 Å². The molecule has 2 aromatic rings. The summed E-state index contributed by atoms with van der Waals surface area (Å²) in [7, 11) is 4.35. The highest BCUT2D eigenvalue weighted by Gasteiger charge is 2.44. The first kappa shape index (κ1) is 32.5. The molecule has 236 valence electrons. The van der Waals surface area contributed by atoms with Crippen molar-refractivity contribution in [2.75, 3.05) is 45.2 Å². The number of quaternary nitrogens is 1. The molecule has 5 rings (SSSR count). The molecule has 0 radical (unpaired) electrons. The van der Waals surface area contributed by atoms with Crippen molar-refractivity contribution in [2.24, 2.45) is 0 Å². The van der Waals surface area contributed by atoms with Gasteiger partial charge in [0, 0.05) is 77.0 Å². The molecular formula is C37H42ClN3O4. The summed E-state index contributed by atoms with van der Waals surface area (Å²) in [5.74, 6) is -2.15. The summed E-state index contributed by atoms with van der Waals surface area (Å²) in [5, 5.41) is 23.5. The van der Waals surface area contributed by atoms with Gasteiger partial charge in [0.25, 0.3) is 0 Å². The van der Waals surface area contributed by atoms with Gasteiger partial charge in [-0.15, -0.1) is 0 Å². The quantitative estimate of drug-likeness (QED) is 0.309. The maximum Gasteiger partial charge on any atom is 0.209 e. The normalized spacial score (nSPS) is 21.6. The zero-order valence-corrected chi connectivity index (χ0v) is 27.8. The summed E-state index contributed by atoms with van der Waals surface area (Å²) in [4.78, 5) is 24.9. The van der Waals surface area contributed by atoms with Gasteiger partial charge in [-0.25, -0.2) is 0 Å². The van der Waals surface area contributed by atoms with Crippen LogP contribution in [0.15, 0.2) is 94.7 Å². The van der Waals surface area contributed by atoms with Gasteiger partial charge in [0.2, 0.25) is 5.69 Å². The van der Waals surface area contributed by atoms with Gasteiger partial charge in [0.15, 0.2) is 12.3 Å². The van der Waals surface area contributed by atoms with E-state index in [0.29, 0.717) is 22.6 Å². The third-order valence-electron chi connectivity index (χ3n) is 9.32. The number of likely N-dealkylation sites (N-methyl/N-ethyl adjacent to an activating group) is 1. The van der Waals surface area contributed by atoms with Crippen molar-refractivity contribution in [3.05, 3.63) is 106 Å². The Labute approximate surface area is 271 Å². The van der Waals surface area contributed by atoms with Crippen molar-refractivity contribution < 1.29 is 28.9 Å². The lowest BCUT2D eigenvalue weighted by Crippen LogP contribution is -2.45. The molecule has 3 heterocycles. The molecule has 45 heavy (non-hydrogen) atoms. The molecule has 2 aromatic carbocycles. The van der Waals surface area contributed by atoms with Crippen LogP contribution < -0.4 is 15.1 Å². The molecule has 0 atom stereocenters. The van der Waals surface area contributed by atoms with Crippen LogP contribution in [0.2, 0.25) is 0 Å². The van der Waals surface area contributed by atoms with Gasteiger partial charge in [-0.1, -0.05) is 67.9 Å². The van der Waals surface area contributed by atoms with Crippen molar-refractivity contribution in [1.29, 1.82) is 0 Å². The SMILES string of the molecule is CC1(C)C(/C=C/C2=C(Cl)C(=C/C=C3/N(CCC(=O)[O-])c4ccccc4C3(C)C)/C[N+](C)(C)C2)=[N+](CCC(=O)[O-])c2ccccc21. The molecule has 8 heteroatoms. The minimum absolute atomic E-state index is 0.0725. The fourth-order valence-corrected chi connectivity index (χ4v) is 7.35. The number of halogens is 1. The van der Waals surface area contributed by atoms with Gasteiger partial charge in [0.1, 0.15) is 13.1 Å². The Balaban J connectivity index is 1.55. The number of anilines is 1. The summed E-state index contributed by atoms with van der Waals surface area (Å²) in [6.45, 7) is 10.7. The molecule has 0 N–H and O–H groups in total. The number of para-hydroxylation sites is 2. The number of carboxylic acid groups (broad SMARTS) is 2. The highest BCUT2D eigenvalue weighted by molar-refractivity contribution is 6.32. The molecular weight excluding hydrogens is 586 g/mol. The van der Waals surface area contributed by atoms with Gasteiger partial charge in [-0.05, 0) is 37.6 Å². The second kappa shape index (κ2) is 12.1. The molecule has 0 aromatic heterocycles. The molecule has 3 aliphatic rings. The molecule has 0 fully saturated rings. The fraction of sp³-hybridized carbons (Fsp3) is 0.378. The van der Waals surface area contributed by atoms with E-state index >= 15 is 0 Å². The first-order valence-electron chi connectivity index (χ1n) is 15.4. The topological polar surface area (TPSA) is 86.5 Å². The number of carbonyl (C=O) groups excluding carboxylic acids is 2. The van der Waals surface area contributed by atoms with E-state index in [1.54, 1.807) is 0 Å². The van der Waals surface area contributed by atoms with Crippen LogP contribution in [0.1, 0.15) is 51.7 Å². The summed E-state index contributed by atoms with van der Waals surface area (Å²) < 4.78 is 2.79. The zero-order valence-electron chi connectivity index (χ0n) is 27.0. The summed E-state index contributed by atoms with van der Waals surface area (Å²) in [6, 6.07) is 16.2. The highest BCUT2D eigenvalue weighted by atomic mass is 35.5. The van der Waals surface area contributed by atoms with E-state index in [0.717, 1.165) is 58.1 Å². The summed E-state index contributed by atoms with van der Waals surface area (Å²) in [6.07, 6.45) is 8.20. The number of fused-ring (bicyclic) bond motifs is 2. The van der Waals surface area contributed by atoms with Crippen molar-refractivity contribution in [3.63, 3.8) is 0 Å². The molecule has 0 bridgehead atoms. The van der Waals surface area contributed by atoms with Gasteiger partial charge < -0.3 is 29.2 Å². The minimum atomic E-state index is -1.08. The molecule has 0 spiro atoms. The van der Waals surface area contributed by atoms with Crippen LogP contribution in [-0.4, -0.2) is 67.0 Å². The average molecular weight is 628 g/mol. The maximum atomic E-state index is 11.4. The smallest absolute Gasteiger partial charge is 0.209 e. The molecule has 0 amide bonds. The van der Waals surface area contributed by atoms with E-state index in [1.165, 1.54) is 0 Å². The van der Waals surface area contributed by atoms with Crippen molar-refractivity contribution in [3.8, 4) is 0 Å². The van der Waals surface area contributed by atoms with E-state index in [4.69, 9.17) is 11.6 Å². The van der Waals surface area contributed by atoms with Crippen molar-refractivity contribution in [1.82, 2.24) is 0 Å². The van der Waals surface area contributed by atoms with Crippen LogP contribution in [-0.2, 0) is 20.4 Å². The Morgan fingerprint density at radius 2 is 1.53 bits per heavy atom. The highest BCUT2D eigenvalue weighted by Crippen LogP contribution is 2.48. The van der Waals surface area contributed by atoms with Gasteiger partial charge >= 0.3 is 0 Å². The zero-order chi connectivity index (χ0) is 32.7. The Hall–Kier alpha value is -3.94. The number of hydrogen-bond acceptors (Lipinski definition) is 5. The van der Waals surface area contributed by atoms with Gasteiger partial charge in [-0.2, -0.15) is 4.58 Å². The predicted molar refractivity (Wildman–Crippen MR) is 175 cm³/mol. The number of aliphatic carboxylic acids is 2. The number of rotatable bonds is 9. The molecule has 0 unspecified atom stereocenters. The van der Waals surface area contributed by atoms with E-state index in [-0.39, 0.29) is 23.7 Å². The van der Waals surface area contributed by atoms with Crippen LogP contribution in [0.25, 0.3) is 0 Å². The van der Waals surface area contributed by atoms with E-state index in [1.807, 2.05) is 36.4 Å². The van der Waals surface area contributed by atoms with E-state index < -0.39 is 11.9 Å².